The van der Waals surface area contributed by atoms with Gasteiger partial charge in [-0.1, -0.05) is 133 Å². The van der Waals surface area contributed by atoms with Crippen molar-refractivity contribution in [3.8, 4) is 0 Å². The molecule has 0 bridgehead atoms. The molecule has 9 atom stereocenters. The van der Waals surface area contributed by atoms with Gasteiger partial charge < -0.3 is 45.1 Å². The van der Waals surface area contributed by atoms with Crippen LogP contribution in [0.3, 0.4) is 0 Å². The van der Waals surface area contributed by atoms with Gasteiger partial charge >= 0.3 is 33.3 Å². The minimum Gasteiger partial charge on any atom is -0.462 e. The summed E-state index contributed by atoms with van der Waals surface area (Å²) in [4.78, 5) is 61.8. The van der Waals surface area contributed by atoms with Crippen LogP contribution in [-0.2, 0) is 46.3 Å². The highest BCUT2D eigenvalue weighted by molar-refractivity contribution is 7.61. The zero-order chi connectivity index (χ0) is 51.6. The molecule has 0 aromatic carbocycles. The zero-order valence-electron chi connectivity index (χ0n) is 41.6. The highest BCUT2D eigenvalue weighted by atomic mass is 31.3. The molecule has 19 nitrogen and oxygen atoms in total. The first-order chi connectivity index (χ1) is 33.4. The summed E-state index contributed by atoms with van der Waals surface area (Å²) >= 11 is 0. The Morgan fingerprint density at radius 1 is 0.757 bits per heavy atom. The van der Waals surface area contributed by atoms with Crippen LogP contribution in [0.2, 0.25) is 0 Å². The number of nitrogens with zero attached hydrogens (tertiary/aromatic N) is 2. The molecular formula is C49H83N3O16P2. The van der Waals surface area contributed by atoms with E-state index in [-0.39, 0.29) is 24.8 Å². The van der Waals surface area contributed by atoms with Gasteiger partial charge in [-0.2, -0.15) is 9.29 Å². The van der Waals surface area contributed by atoms with E-state index in [0.717, 1.165) is 80.9 Å². The van der Waals surface area contributed by atoms with Crippen molar-refractivity contribution >= 4 is 33.4 Å². The van der Waals surface area contributed by atoms with Gasteiger partial charge in [0, 0.05) is 19.0 Å². The summed E-state index contributed by atoms with van der Waals surface area (Å²) in [6.45, 7) is 3.96. The molecule has 1 aromatic rings. The normalized spacial score (nSPS) is 20.6. The first-order valence-electron chi connectivity index (χ1n) is 25.1. The van der Waals surface area contributed by atoms with Crippen LogP contribution in [-0.4, -0.2) is 96.9 Å². The molecule has 0 radical (unpaired) electrons. The molecule has 1 aliphatic rings. The molecule has 0 amide bonds. The van der Waals surface area contributed by atoms with Crippen molar-refractivity contribution < 1.29 is 71.4 Å². The second-order valence-electron chi connectivity index (χ2n) is 17.8. The number of nitrogens with two attached hydrogens (primary N) is 1. The van der Waals surface area contributed by atoms with E-state index in [1.54, 1.807) is 6.92 Å². The number of esters is 2. The van der Waals surface area contributed by atoms with E-state index in [1.165, 1.54) is 51.0 Å². The number of carbonyl (C=O) groups excluding carboxylic acids is 2. The summed E-state index contributed by atoms with van der Waals surface area (Å²) in [5.74, 6) is -0.592. The number of phosphoric ester groups is 2. The summed E-state index contributed by atoms with van der Waals surface area (Å²) in [5, 5.41) is 30.2. The maximum atomic E-state index is 12.8. The minimum atomic E-state index is -5.44. The Bertz CT molecular complexity index is 1890. The van der Waals surface area contributed by atoms with Gasteiger partial charge in [0.1, 0.15) is 30.7 Å². The van der Waals surface area contributed by atoms with Gasteiger partial charge in [-0.15, -0.1) is 0 Å². The molecule has 3 unspecified atom stereocenters. The monoisotopic (exact) mass is 1030 g/mol. The fraction of sp³-hybridized carbons (Fsp3) is 0.714. The predicted octanol–water partition coefficient (Wildman–Crippen LogP) is 8.99. The van der Waals surface area contributed by atoms with Crippen LogP contribution in [0.15, 0.2) is 65.7 Å². The molecule has 0 saturated carbocycles. The Hall–Kier alpha value is -3.32. The summed E-state index contributed by atoms with van der Waals surface area (Å²) in [6.07, 6.45) is 29.1. The predicted molar refractivity (Wildman–Crippen MR) is 267 cm³/mol. The van der Waals surface area contributed by atoms with Crippen molar-refractivity contribution in [2.24, 2.45) is 5.92 Å². The first kappa shape index (κ1) is 62.8. The Kier molecular flexibility index (Phi) is 32.8. The van der Waals surface area contributed by atoms with E-state index in [9.17, 15) is 48.6 Å². The molecule has 7 N–H and O–H groups in total. The number of nitrogen functional groups attached to an aromatic ring is 1. The maximum absolute atomic E-state index is 12.8. The van der Waals surface area contributed by atoms with Crippen molar-refractivity contribution in [3.05, 3.63) is 71.4 Å². The largest absolute Gasteiger partial charge is 0.481 e. The molecule has 21 heteroatoms. The van der Waals surface area contributed by atoms with E-state index in [4.69, 9.17) is 29.0 Å². The lowest BCUT2D eigenvalue weighted by Gasteiger charge is -2.21. The Morgan fingerprint density at radius 3 is 1.89 bits per heavy atom. The summed E-state index contributed by atoms with van der Waals surface area (Å²) in [5.41, 5.74) is 4.58. The number of aliphatic hydroxyl groups is 3. The topological polar surface area (TPSA) is 286 Å². The first-order valence-corrected chi connectivity index (χ1v) is 28.1. The number of allylic oxidation sites excluding steroid dienone is 8. The van der Waals surface area contributed by atoms with E-state index >= 15 is 0 Å². The SMILES string of the molecule is CCC(C)CCCCCCCCCCCCC(=O)O[C@H](COC(=O)CCC/C=C\C/C=C\C/C=C\C/C=C\CCC[C@@H](C)O)COP(=O)(O)OP(=O)(O)OC[C@H]1O[C@@H](n2ccc(N)nc2=O)[C@H](O)[C@@H]1O. The molecule has 1 aliphatic heterocycles. The number of hydrogen-bond donors (Lipinski definition) is 6. The third-order valence-corrected chi connectivity index (χ3v) is 14.1. The molecule has 0 spiro atoms. The summed E-state index contributed by atoms with van der Waals surface area (Å²) in [6, 6.07) is 1.24. The van der Waals surface area contributed by atoms with Crippen LogP contribution in [0, 0.1) is 5.92 Å². The van der Waals surface area contributed by atoms with Crippen LogP contribution in [0.1, 0.15) is 168 Å². The van der Waals surface area contributed by atoms with Crippen molar-refractivity contribution in [1.82, 2.24) is 9.55 Å². The molecule has 2 heterocycles. The van der Waals surface area contributed by atoms with E-state index in [0.29, 0.717) is 19.3 Å². The molecule has 1 saturated heterocycles. The molecule has 70 heavy (non-hydrogen) atoms. The molecule has 1 fully saturated rings. The van der Waals surface area contributed by atoms with E-state index in [2.05, 4.69) is 59.6 Å². The van der Waals surface area contributed by atoms with Gasteiger partial charge in [-0.05, 0) is 76.7 Å². The number of unbranched alkanes of at least 4 members (excludes halogenated alkanes) is 11. The van der Waals surface area contributed by atoms with E-state index in [1.807, 2.05) is 12.2 Å². The second kappa shape index (κ2) is 36.6. The Labute approximate surface area is 414 Å². The highest BCUT2D eigenvalue weighted by Gasteiger charge is 2.46. The van der Waals surface area contributed by atoms with Crippen molar-refractivity contribution in [3.63, 3.8) is 0 Å². The third kappa shape index (κ3) is 29.9. The van der Waals surface area contributed by atoms with Crippen LogP contribution >= 0.6 is 15.6 Å². The average molecular weight is 1030 g/mol. The average Bonchev–Trinajstić information content (AvgIpc) is 3.58. The standard InChI is InChI=1S/C49H83N3O16P2/c1-4-39(2)30-26-22-18-14-12-13-17-21-25-29-33-45(55)66-41(36-63-44(54)32-28-24-20-16-11-9-7-5-6-8-10-15-19-23-27-31-40(3)53)37-64-69(59,60)68-70(61,62)65-38-42-46(56)47(57)48(67-42)52-35-34-43(50)51-49(52)58/h6-9,15-16,19-20,34-35,39-42,46-48,53,56-57H,4-5,10-14,17-18,21-33,36-38H2,1-3H3,(H,59,60)(H,61,62)(H2,50,51,58)/b8-6-,9-7-,19-15-,20-16-/t39?,40-,41-,42-,46-,47-,48-/m1/s1. The molecule has 1 aromatic heterocycles. The van der Waals surface area contributed by atoms with Gasteiger partial charge in [0.2, 0.25) is 0 Å². The second-order valence-corrected chi connectivity index (χ2v) is 20.9. The van der Waals surface area contributed by atoms with Gasteiger partial charge in [-0.25, -0.2) is 13.9 Å². The van der Waals surface area contributed by atoms with Crippen LogP contribution < -0.4 is 11.4 Å². The van der Waals surface area contributed by atoms with Crippen LogP contribution in [0.5, 0.6) is 0 Å². The Balaban J connectivity index is 1.83. The lowest BCUT2D eigenvalue weighted by Crippen LogP contribution is -2.36. The fourth-order valence-corrected chi connectivity index (χ4v) is 9.29. The molecule has 0 aliphatic carbocycles. The number of anilines is 1. The van der Waals surface area contributed by atoms with Crippen molar-refractivity contribution in [1.29, 1.82) is 0 Å². The zero-order valence-corrected chi connectivity index (χ0v) is 43.4. The summed E-state index contributed by atoms with van der Waals surface area (Å²) < 4.78 is 56.7. The van der Waals surface area contributed by atoms with Crippen LogP contribution in [0.4, 0.5) is 5.82 Å². The molecular weight excluding hydrogens is 948 g/mol. The lowest BCUT2D eigenvalue weighted by molar-refractivity contribution is -0.161. The number of aliphatic hydroxyl groups excluding tert-OH is 3. The quantitative estimate of drug-likeness (QED) is 0.0155. The van der Waals surface area contributed by atoms with Gasteiger partial charge in [0.15, 0.2) is 12.3 Å². The molecule has 400 valence electrons. The number of ether oxygens (including phenoxy) is 3. The maximum Gasteiger partial charge on any atom is 0.481 e. The van der Waals surface area contributed by atoms with Gasteiger partial charge in [-0.3, -0.25) is 23.2 Å². The number of phosphoric acid groups is 2. The van der Waals surface area contributed by atoms with Crippen molar-refractivity contribution in [2.75, 3.05) is 25.6 Å². The van der Waals surface area contributed by atoms with Crippen molar-refractivity contribution in [2.45, 2.75) is 199 Å². The summed E-state index contributed by atoms with van der Waals surface area (Å²) in [7, 11) is -10.9. The van der Waals surface area contributed by atoms with Gasteiger partial charge in [0.05, 0.1) is 19.3 Å². The highest BCUT2D eigenvalue weighted by Crippen LogP contribution is 2.60. The number of rotatable bonds is 40. The number of aromatic nitrogens is 2. The van der Waals surface area contributed by atoms with Gasteiger partial charge in [0.25, 0.3) is 0 Å². The smallest absolute Gasteiger partial charge is 0.462 e. The van der Waals surface area contributed by atoms with Crippen LogP contribution in [0.25, 0.3) is 0 Å². The molecule has 2 rings (SSSR count). The fourth-order valence-electron chi connectivity index (χ4n) is 7.18. The lowest BCUT2D eigenvalue weighted by atomic mass is 9.99. The Morgan fingerprint density at radius 2 is 1.30 bits per heavy atom. The number of hydrogen-bond acceptors (Lipinski definition) is 16. The number of carbonyl (C=O) groups is 2. The third-order valence-electron chi connectivity index (χ3n) is 11.5. The van der Waals surface area contributed by atoms with E-state index < -0.39 is 83.7 Å². The minimum absolute atomic E-state index is 0.0321.